The number of halogens is 2. The lowest BCUT2D eigenvalue weighted by atomic mass is 9.55. The zero-order chi connectivity index (χ0) is 37.0. The Balaban J connectivity index is 0.00000276. The summed E-state index contributed by atoms with van der Waals surface area (Å²) in [6, 6.07) is 11.1. The molecule has 270 valence electrons. The predicted octanol–water partition coefficient (Wildman–Crippen LogP) is 5.43. The Labute approximate surface area is 292 Å². The van der Waals surface area contributed by atoms with Gasteiger partial charge in [-0.3, -0.25) is 14.4 Å². The van der Waals surface area contributed by atoms with Gasteiger partial charge in [-0.15, -0.1) is 0 Å². The molecule has 9 nitrogen and oxygen atoms in total. The van der Waals surface area contributed by atoms with Gasteiger partial charge in [0.15, 0.2) is 18.2 Å². The smallest absolute Gasteiger partial charge is 0.340 e. The molecule has 0 bridgehead atoms. The van der Waals surface area contributed by atoms with Crippen LogP contribution in [0, 0.1) is 29.0 Å². The molecule has 0 spiro atoms. The van der Waals surface area contributed by atoms with Gasteiger partial charge in [0.1, 0.15) is 11.5 Å². The van der Waals surface area contributed by atoms with Gasteiger partial charge in [0.2, 0.25) is 5.91 Å². The van der Waals surface area contributed by atoms with E-state index in [2.05, 4.69) is 5.32 Å². The second kappa shape index (κ2) is 15.4. The maximum atomic E-state index is 17.0. The molecule has 0 saturated heterocycles. The van der Waals surface area contributed by atoms with Crippen molar-refractivity contribution in [2.45, 2.75) is 90.1 Å². The van der Waals surface area contributed by atoms with Crippen molar-refractivity contribution in [2.75, 3.05) is 11.9 Å². The largest absolute Gasteiger partial charge is 0.454 e. The van der Waals surface area contributed by atoms with Crippen molar-refractivity contribution in [1.29, 1.82) is 0 Å². The summed E-state index contributed by atoms with van der Waals surface area (Å²) in [4.78, 5) is 51.6. The number of Topliss-reactive ketones (excluding diaryl/α,β-unsaturated/α-hetero) is 1. The summed E-state index contributed by atoms with van der Waals surface area (Å²) < 4.78 is 36.5. The van der Waals surface area contributed by atoms with Crippen molar-refractivity contribution in [3.8, 4) is 0 Å². The monoisotopic (exact) mass is 694 g/mol. The van der Waals surface area contributed by atoms with Crippen LogP contribution in [0.4, 0.5) is 14.5 Å². The van der Waals surface area contributed by atoms with Crippen molar-refractivity contribution >= 4 is 29.1 Å². The van der Waals surface area contributed by atoms with Gasteiger partial charge in [0, 0.05) is 11.8 Å². The van der Waals surface area contributed by atoms with Gasteiger partial charge < -0.3 is 26.0 Å². The number of esters is 1. The highest BCUT2D eigenvalue weighted by molar-refractivity contribution is 6.03. The molecular formula is C39H48F2N2O7. The number of amides is 1. The minimum atomic E-state index is -2.21. The van der Waals surface area contributed by atoms with Crippen molar-refractivity contribution < 1.29 is 42.9 Å². The number of alkyl halides is 1. The first-order valence-electron chi connectivity index (χ1n) is 17.3. The summed E-state index contributed by atoms with van der Waals surface area (Å²) in [5.74, 6) is -5.44. The number of hydrogen-bond donors (Lipinski definition) is 4. The van der Waals surface area contributed by atoms with E-state index in [0.29, 0.717) is 18.4 Å². The maximum Gasteiger partial charge on any atom is 0.340 e. The Morgan fingerprint density at radius 2 is 1.80 bits per heavy atom. The number of aliphatic hydroxyl groups is 2. The second-order valence-corrected chi connectivity index (χ2v) is 13.6. The lowest BCUT2D eigenvalue weighted by Gasteiger charge is -2.54. The molecule has 8 atom stereocenters. The SMILES string of the molecule is CC.CCC1=CC(=O)C=CC1(C)C1(F)CC2C[C@@H](C)C(C(=O)COC(=O)c3ccc(F)cc3NC(=O)C(N)Cc3ccccc3)C2(O)CC1O. The number of anilines is 1. The van der Waals surface area contributed by atoms with Crippen LogP contribution >= 0.6 is 0 Å². The second-order valence-electron chi connectivity index (χ2n) is 13.6. The van der Waals surface area contributed by atoms with Crippen LogP contribution in [0.25, 0.3) is 0 Å². The van der Waals surface area contributed by atoms with Crippen LogP contribution < -0.4 is 11.1 Å². The van der Waals surface area contributed by atoms with Gasteiger partial charge in [0.05, 0.1) is 34.9 Å². The molecule has 2 aromatic rings. The first-order valence-corrected chi connectivity index (χ1v) is 17.3. The number of ether oxygens (including phenoxy) is 1. The molecule has 3 aliphatic rings. The number of benzene rings is 2. The minimum Gasteiger partial charge on any atom is -0.454 e. The van der Waals surface area contributed by atoms with Crippen LogP contribution in [-0.4, -0.2) is 63.7 Å². The number of fused-ring (bicyclic) bond motifs is 1. The van der Waals surface area contributed by atoms with Crippen molar-refractivity contribution in [1.82, 2.24) is 0 Å². The van der Waals surface area contributed by atoms with Crippen molar-refractivity contribution in [3.63, 3.8) is 0 Å². The zero-order valence-electron chi connectivity index (χ0n) is 29.2. The third-order valence-corrected chi connectivity index (χ3v) is 10.7. The van der Waals surface area contributed by atoms with E-state index >= 15 is 4.39 Å². The Bertz CT molecular complexity index is 1660. The van der Waals surface area contributed by atoms with E-state index in [-0.39, 0.29) is 29.9 Å². The Morgan fingerprint density at radius 1 is 1.12 bits per heavy atom. The van der Waals surface area contributed by atoms with E-state index in [0.717, 1.165) is 23.8 Å². The van der Waals surface area contributed by atoms with Crippen molar-refractivity contribution in [3.05, 3.63) is 89.3 Å². The summed E-state index contributed by atoms with van der Waals surface area (Å²) in [6.45, 7) is 8.45. The summed E-state index contributed by atoms with van der Waals surface area (Å²) in [5, 5.41) is 25.7. The number of aliphatic hydroxyl groups excluding tert-OH is 1. The summed E-state index contributed by atoms with van der Waals surface area (Å²) >= 11 is 0. The lowest BCUT2D eigenvalue weighted by molar-refractivity contribution is -0.185. The Hall–Kier alpha value is -4.06. The molecule has 3 aliphatic carbocycles. The normalized spacial score (nSPS) is 30.7. The summed E-state index contributed by atoms with van der Waals surface area (Å²) in [5.41, 5.74) is 1.76. The number of ketones is 2. The number of rotatable bonds is 10. The molecule has 7 unspecified atom stereocenters. The molecule has 0 aromatic heterocycles. The average molecular weight is 695 g/mol. The molecule has 2 fully saturated rings. The fraction of sp³-hybridized carbons (Fsp3) is 0.487. The predicted molar refractivity (Wildman–Crippen MR) is 185 cm³/mol. The van der Waals surface area contributed by atoms with E-state index in [1.165, 1.54) is 18.2 Å². The first-order chi connectivity index (χ1) is 23.6. The third kappa shape index (κ3) is 7.36. The quantitative estimate of drug-likeness (QED) is 0.240. The lowest BCUT2D eigenvalue weighted by Crippen LogP contribution is -2.63. The van der Waals surface area contributed by atoms with Crippen LogP contribution in [0.1, 0.15) is 76.2 Å². The van der Waals surface area contributed by atoms with Crippen LogP contribution in [0.15, 0.2) is 72.3 Å². The molecule has 0 aliphatic heterocycles. The highest BCUT2D eigenvalue weighted by Crippen LogP contribution is 2.61. The molecule has 2 aromatic carbocycles. The van der Waals surface area contributed by atoms with Crippen LogP contribution in [0.2, 0.25) is 0 Å². The molecular weight excluding hydrogens is 646 g/mol. The first kappa shape index (κ1) is 38.7. The average Bonchev–Trinajstić information content (AvgIpc) is 3.33. The van der Waals surface area contributed by atoms with Gasteiger partial charge in [-0.25, -0.2) is 13.6 Å². The highest BCUT2D eigenvalue weighted by atomic mass is 19.1. The molecule has 11 heteroatoms. The number of carbonyl (C=O) groups is 4. The highest BCUT2D eigenvalue weighted by Gasteiger charge is 2.67. The van der Waals surface area contributed by atoms with E-state index in [1.54, 1.807) is 38.1 Å². The van der Waals surface area contributed by atoms with Crippen LogP contribution in [0.5, 0.6) is 0 Å². The number of carbonyl (C=O) groups excluding carboxylic acids is 4. The standard InChI is InChI=1S/C37H42F2N2O7.C2H6/c1-4-23-16-26(42)12-13-35(23,3)37(39)18-24-14-21(2)32(36(24,47)19-31(37)44)30(43)20-48-34(46)27-11-10-25(38)17-29(27)41-33(45)28(40)15-22-8-6-5-7-9-22;1-2/h5-13,16-17,21,24,28,31-32,44,47H,4,14-15,18-20,40H2,1-3H3,(H,41,45);1-2H3/t21-,24?,28?,31?,32?,35?,36?,37?;/m1./s1. The topological polar surface area (TPSA) is 156 Å². The molecule has 0 heterocycles. The number of hydrogen-bond acceptors (Lipinski definition) is 8. The summed E-state index contributed by atoms with van der Waals surface area (Å²) in [7, 11) is 0. The molecule has 5 N–H and O–H groups in total. The zero-order valence-corrected chi connectivity index (χ0v) is 29.2. The van der Waals surface area contributed by atoms with E-state index in [1.807, 2.05) is 26.8 Å². The number of nitrogens with two attached hydrogens (primary N) is 1. The Morgan fingerprint density at radius 3 is 2.46 bits per heavy atom. The van der Waals surface area contributed by atoms with Crippen LogP contribution in [0.3, 0.4) is 0 Å². The van der Waals surface area contributed by atoms with Gasteiger partial charge in [-0.1, -0.05) is 69.7 Å². The maximum absolute atomic E-state index is 17.0. The Kier molecular flexibility index (Phi) is 12.0. The van der Waals surface area contributed by atoms with Crippen LogP contribution in [-0.2, 0) is 25.5 Å². The number of nitrogens with one attached hydrogen (secondary N) is 1. The fourth-order valence-corrected chi connectivity index (χ4v) is 8.10. The minimum absolute atomic E-state index is 0.184. The third-order valence-electron chi connectivity index (χ3n) is 10.7. The molecule has 1 amide bonds. The van der Waals surface area contributed by atoms with Crippen molar-refractivity contribution in [2.24, 2.45) is 28.9 Å². The number of allylic oxidation sites excluding steroid dienone is 4. The van der Waals surface area contributed by atoms with Gasteiger partial charge >= 0.3 is 5.97 Å². The summed E-state index contributed by atoms with van der Waals surface area (Å²) in [6.07, 6.45) is 2.74. The molecule has 0 radical (unpaired) electrons. The van der Waals surface area contributed by atoms with E-state index in [9.17, 15) is 33.8 Å². The molecule has 2 saturated carbocycles. The van der Waals surface area contributed by atoms with Gasteiger partial charge in [0.25, 0.3) is 0 Å². The molecule has 5 rings (SSSR count). The molecule has 50 heavy (non-hydrogen) atoms. The van der Waals surface area contributed by atoms with E-state index < -0.39 is 83.1 Å². The van der Waals surface area contributed by atoms with Gasteiger partial charge in [-0.2, -0.15) is 0 Å². The van der Waals surface area contributed by atoms with E-state index in [4.69, 9.17) is 10.5 Å². The van der Waals surface area contributed by atoms with Gasteiger partial charge in [-0.05, 0) is 80.4 Å². The fourth-order valence-electron chi connectivity index (χ4n) is 8.10.